The van der Waals surface area contributed by atoms with Crippen molar-refractivity contribution in [3.05, 3.63) is 0 Å². The van der Waals surface area contributed by atoms with E-state index in [-0.39, 0.29) is 36.6 Å². The Balaban J connectivity index is 0.00000243. The Morgan fingerprint density at radius 1 is 1.23 bits per heavy atom. The van der Waals surface area contributed by atoms with Gasteiger partial charge < -0.3 is 19.9 Å². The zero-order valence-corrected chi connectivity index (χ0v) is 16.3. The highest BCUT2D eigenvalue weighted by Crippen LogP contribution is 2.45. The molecule has 3 unspecified atom stereocenters. The van der Waals surface area contributed by atoms with Crippen LogP contribution in [0.25, 0.3) is 0 Å². The molecule has 1 N–H and O–H groups in total. The Hall–Kier alpha value is -1.52. The van der Waals surface area contributed by atoms with Crippen LogP contribution in [0.1, 0.15) is 38.5 Å². The van der Waals surface area contributed by atoms with E-state index in [1.807, 2.05) is 0 Å². The molecular weight excluding hydrogens is 356 g/mol. The van der Waals surface area contributed by atoms with Gasteiger partial charge in [0, 0.05) is 26.7 Å². The van der Waals surface area contributed by atoms with E-state index in [9.17, 15) is 9.59 Å². The van der Waals surface area contributed by atoms with Gasteiger partial charge >= 0.3 is 6.09 Å². The number of hydrogen-bond donors (Lipinski definition) is 1. The smallest absolute Gasteiger partial charge is 0.409 e. The average molecular weight is 385 g/mol. The van der Waals surface area contributed by atoms with E-state index in [1.165, 1.54) is 4.90 Å². The largest absolute Gasteiger partial charge is 0.446 e. The molecule has 3 atom stereocenters. The minimum Gasteiger partial charge on any atom is -0.446 e. The molecule has 2 saturated carbocycles. The lowest BCUT2D eigenvalue weighted by Gasteiger charge is -2.22. The first-order valence-electron chi connectivity index (χ1n) is 9.28. The van der Waals surface area contributed by atoms with Crippen LogP contribution in [-0.2, 0) is 9.53 Å². The van der Waals surface area contributed by atoms with Crippen molar-refractivity contribution in [1.29, 1.82) is 5.26 Å². The number of nitrogens with one attached hydrogen (secondary N) is 1. The van der Waals surface area contributed by atoms with E-state index in [0.29, 0.717) is 31.0 Å². The molecule has 1 aliphatic heterocycles. The molecule has 2 amide bonds. The van der Waals surface area contributed by atoms with E-state index in [0.717, 1.165) is 38.5 Å². The maximum Gasteiger partial charge on any atom is 0.409 e. The fourth-order valence-corrected chi connectivity index (χ4v) is 4.60. The number of likely N-dealkylation sites (tertiary alicyclic amines) is 1. The first-order valence-corrected chi connectivity index (χ1v) is 9.28. The minimum atomic E-state index is -0.261. The van der Waals surface area contributed by atoms with Crippen molar-refractivity contribution in [3.63, 3.8) is 0 Å². The molecule has 26 heavy (non-hydrogen) atoms. The van der Waals surface area contributed by atoms with Gasteiger partial charge in [0.2, 0.25) is 5.91 Å². The summed E-state index contributed by atoms with van der Waals surface area (Å²) in [7, 11) is 3.40. The van der Waals surface area contributed by atoms with E-state index >= 15 is 0 Å². The number of rotatable bonds is 4. The van der Waals surface area contributed by atoms with Crippen LogP contribution >= 0.6 is 12.4 Å². The summed E-state index contributed by atoms with van der Waals surface area (Å²) < 4.78 is 5.51. The Kier molecular flexibility index (Phi) is 7.13. The van der Waals surface area contributed by atoms with E-state index in [4.69, 9.17) is 10.00 Å². The molecule has 0 aromatic rings. The van der Waals surface area contributed by atoms with Gasteiger partial charge in [-0.25, -0.2) is 4.79 Å². The van der Waals surface area contributed by atoms with Gasteiger partial charge in [0.1, 0.15) is 12.1 Å². The number of halogens is 1. The summed E-state index contributed by atoms with van der Waals surface area (Å²) >= 11 is 0. The summed E-state index contributed by atoms with van der Waals surface area (Å²) in [6.07, 6.45) is 5.42. The van der Waals surface area contributed by atoms with Crippen LogP contribution in [0, 0.1) is 23.2 Å². The highest BCUT2D eigenvalue weighted by Gasteiger charge is 2.43. The molecule has 0 radical (unpaired) electrons. The van der Waals surface area contributed by atoms with Crippen LogP contribution < -0.4 is 5.32 Å². The third-order valence-corrected chi connectivity index (χ3v) is 5.87. The van der Waals surface area contributed by atoms with E-state index < -0.39 is 0 Å². The first kappa shape index (κ1) is 20.8. The number of fused-ring (bicyclic) bond motifs is 1. The predicted octanol–water partition coefficient (Wildman–Crippen LogP) is 1.77. The van der Waals surface area contributed by atoms with Crippen LogP contribution in [0.5, 0.6) is 0 Å². The highest BCUT2D eigenvalue weighted by atomic mass is 35.5. The molecule has 146 valence electrons. The van der Waals surface area contributed by atoms with Gasteiger partial charge in [-0.2, -0.15) is 5.26 Å². The fraction of sp³-hybridized carbons (Fsp3) is 0.833. The summed E-state index contributed by atoms with van der Waals surface area (Å²) in [6, 6.07) is 2.32. The number of nitrogens with zero attached hydrogens (tertiary/aromatic N) is 3. The molecule has 0 bridgehead atoms. The van der Waals surface area contributed by atoms with Gasteiger partial charge in [0.25, 0.3) is 0 Å². The summed E-state index contributed by atoms with van der Waals surface area (Å²) in [5.74, 6) is 1.19. The maximum atomic E-state index is 12.3. The lowest BCUT2D eigenvalue weighted by Crippen LogP contribution is -2.43. The zero-order chi connectivity index (χ0) is 18.0. The molecular formula is C18H29ClN4O3. The summed E-state index contributed by atoms with van der Waals surface area (Å²) in [4.78, 5) is 27.1. The average Bonchev–Trinajstić information content (AvgIpc) is 3.26. The Bertz CT molecular complexity index is 551. The third kappa shape index (κ3) is 4.60. The minimum absolute atomic E-state index is 0. The van der Waals surface area contributed by atoms with Crippen molar-refractivity contribution in [1.82, 2.24) is 15.1 Å². The highest BCUT2D eigenvalue weighted by molar-refractivity contribution is 5.85. The molecule has 0 aromatic carbocycles. The van der Waals surface area contributed by atoms with Gasteiger partial charge in [-0.15, -0.1) is 12.4 Å². The molecule has 0 spiro atoms. The molecule has 3 rings (SSSR count). The maximum absolute atomic E-state index is 12.3. The van der Waals surface area contributed by atoms with Crippen molar-refractivity contribution >= 4 is 24.4 Å². The predicted molar refractivity (Wildman–Crippen MR) is 98.8 cm³/mol. The van der Waals surface area contributed by atoms with Crippen LogP contribution in [0.4, 0.5) is 4.79 Å². The van der Waals surface area contributed by atoms with Gasteiger partial charge in [-0.05, 0) is 50.4 Å². The first-order chi connectivity index (χ1) is 12.0. The van der Waals surface area contributed by atoms with Crippen molar-refractivity contribution < 1.29 is 14.3 Å². The topological polar surface area (TPSA) is 85.7 Å². The number of hydrogen-bond acceptors (Lipinski definition) is 5. The van der Waals surface area contributed by atoms with Crippen LogP contribution in [0.15, 0.2) is 0 Å². The van der Waals surface area contributed by atoms with Crippen LogP contribution in [0.3, 0.4) is 0 Å². The van der Waals surface area contributed by atoms with Gasteiger partial charge in [0.15, 0.2) is 0 Å². The van der Waals surface area contributed by atoms with E-state index in [1.54, 1.807) is 19.0 Å². The molecule has 3 fully saturated rings. The lowest BCUT2D eigenvalue weighted by atomic mass is 10.0. The zero-order valence-electron chi connectivity index (χ0n) is 15.5. The number of carbonyl (C=O) groups is 2. The molecule has 1 saturated heterocycles. The standard InChI is InChI=1S/C18H28N4O3.ClH/c1-21(2)18(24)25-16-8-12-6-14(7-13(12)9-16)20-11-17(23)22-5-3-4-15(22)10-19;/h12-16,20H,3-9,11H2,1-2H3;1H. The van der Waals surface area contributed by atoms with Crippen LogP contribution in [0.2, 0.25) is 0 Å². The van der Waals surface area contributed by atoms with Crippen molar-refractivity contribution in [2.24, 2.45) is 11.8 Å². The molecule has 0 aromatic heterocycles. The second-order valence-electron chi connectivity index (χ2n) is 7.82. The Labute approximate surface area is 161 Å². The number of nitriles is 1. The molecule has 1 heterocycles. The Morgan fingerprint density at radius 2 is 1.88 bits per heavy atom. The summed E-state index contributed by atoms with van der Waals surface area (Å²) in [6.45, 7) is 1.02. The SMILES string of the molecule is CN(C)C(=O)OC1CC2CC(NCC(=O)N3CCCC3C#N)CC2C1.Cl. The molecule has 2 aliphatic carbocycles. The third-order valence-electron chi connectivity index (χ3n) is 5.87. The molecule has 7 nitrogen and oxygen atoms in total. The Morgan fingerprint density at radius 3 is 2.46 bits per heavy atom. The normalized spacial score (nSPS) is 32.5. The second kappa shape index (κ2) is 8.92. The van der Waals surface area contributed by atoms with E-state index in [2.05, 4.69) is 11.4 Å². The van der Waals surface area contributed by atoms with Crippen LogP contribution in [-0.4, -0.2) is 67.2 Å². The van der Waals surface area contributed by atoms with Gasteiger partial charge in [0.05, 0.1) is 12.6 Å². The summed E-state index contributed by atoms with van der Waals surface area (Å²) in [5.41, 5.74) is 0. The van der Waals surface area contributed by atoms with Crippen molar-refractivity contribution in [2.45, 2.75) is 56.7 Å². The molecule has 8 heteroatoms. The van der Waals surface area contributed by atoms with Crippen molar-refractivity contribution in [2.75, 3.05) is 27.2 Å². The summed E-state index contributed by atoms with van der Waals surface area (Å²) in [5, 5.41) is 12.5. The van der Waals surface area contributed by atoms with Gasteiger partial charge in [-0.3, -0.25) is 4.79 Å². The number of amides is 2. The number of ether oxygens (including phenoxy) is 1. The van der Waals surface area contributed by atoms with Gasteiger partial charge in [-0.1, -0.05) is 0 Å². The fourth-order valence-electron chi connectivity index (χ4n) is 4.60. The monoisotopic (exact) mass is 384 g/mol. The molecule has 3 aliphatic rings. The van der Waals surface area contributed by atoms with Crippen molar-refractivity contribution in [3.8, 4) is 6.07 Å². The lowest BCUT2D eigenvalue weighted by molar-refractivity contribution is -0.130. The number of carbonyl (C=O) groups excluding carboxylic acids is 2. The quantitative estimate of drug-likeness (QED) is 0.798. The second-order valence-corrected chi connectivity index (χ2v) is 7.82.